The van der Waals surface area contributed by atoms with Gasteiger partial charge in [-0.05, 0) is 48.6 Å². The summed E-state index contributed by atoms with van der Waals surface area (Å²) in [7, 11) is 0. The van der Waals surface area contributed by atoms with Crippen molar-refractivity contribution in [1.82, 2.24) is 0 Å². The zero-order chi connectivity index (χ0) is 18.5. The zero-order valence-electron chi connectivity index (χ0n) is 13.3. The highest BCUT2D eigenvalue weighted by Crippen LogP contribution is 2.25. The second-order valence-corrected chi connectivity index (χ2v) is 6.14. The number of hydrogen-bond donors (Lipinski definition) is 0. The maximum absolute atomic E-state index is 13.7. The van der Waals surface area contributed by atoms with Gasteiger partial charge in [-0.25, -0.2) is 9.18 Å². The third-order valence-corrected chi connectivity index (χ3v) is 3.94. The van der Waals surface area contributed by atoms with Crippen LogP contribution < -0.4 is 4.74 Å². The van der Waals surface area contributed by atoms with E-state index in [1.54, 1.807) is 30.3 Å². The van der Waals surface area contributed by atoms with Crippen LogP contribution in [0.15, 0.2) is 75.8 Å². The first-order valence-corrected chi connectivity index (χ1v) is 8.36. The second kappa shape index (κ2) is 7.93. The van der Waals surface area contributed by atoms with Crippen molar-refractivity contribution in [3.8, 4) is 5.75 Å². The zero-order valence-corrected chi connectivity index (χ0v) is 14.9. The number of furan rings is 1. The molecular formula is C20H12BrFO4. The highest BCUT2D eigenvalue weighted by molar-refractivity contribution is 9.10. The summed E-state index contributed by atoms with van der Waals surface area (Å²) in [4.78, 5) is 24.6. The summed E-state index contributed by atoms with van der Waals surface area (Å²) in [6.07, 6.45) is 3.95. The Bertz CT molecular complexity index is 977. The highest BCUT2D eigenvalue weighted by Gasteiger charge is 2.17. The summed E-state index contributed by atoms with van der Waals surface area (Å²) in [6.45, 7) is 0. The van der Waals surface area contributed by atoms with Gasteiger partial charge < -0.3 is 9.15 Å². The lowest BCUT2D eigenvalue weighted by atomic mass is 10.1. The minimum atomic E-state index is -0.718. The van der Waals surface area contributed by atoms with Gasteiger partial charge in [0.1, 0.15) is 11.6 Å². The lowest BCUT2D eigenvalue weighted by molar-refractivity contribution is 0.0699. The monoisotopic (exact) mass is 414 g/mol. The lowest BCUT2D eigenvalue weighted by Crippen LogP contribution is -2.10. The van der Waals surface area contributed by atoms with Crippen LogP contribution in [0.4, 0.5) is 4.39 Å². The number of allylic oxidation sites excluding steroid dienone is 1. The maximum atomic E-state index is 13.7. The normalized spacial score (nSPS) is 10.8. The van der Waals surface area contributed by atoms with Crippen molar-refractivity contribution >= 4 is 33.8 Å². The number of ether oxygens (including phenoxy) is 1. The molecular weight excluding hydrogens is 403 g/mol. The van der Waals surface area contributed by atoms with Crippen LogP contribution in [0.5, 0.6) is 5.75 Å². The fourth-order valence-corrected chi connectivity index (χ4v) is 2.56. The Morgan fingerprint density at radius 2 is 1.88 bits per heavy atom. The van der Waals surface area contributed by atoms with Crippen LogP contribution in [-0.2, 0) is 0 Å². The molecule has 130 valence electrons. The Labute approximate surface area is 157 Å². The Hall–Kier alpha value is -2.99. The van der Waals surface area contributed by atoms with Gasteiger partial charge in [0.05, 0.1) is 11.8 Å². The van der Waals surface area contributed by atoms with Crippen molar-refractivity contribution in [2.45, 2.75) is 0 Å². The molecule has 0 aliphatic heterocycles. The molecule has 1 heterocycles. The van der Waals surface area contributed by atoms with Crippen LogP contribution in [-0.4, -0.2) is 11.8 Å². The fraction of sp³-hybridized carbons (Fsp3) is 0. The van der Waals surface area contributed by atoms with Crippen LogP contribution in [0.2, 0.25) is 0 Å². The Balaban J connectivity index is 1.86. The van der Waals surface area contributed by atoms with Crippen LogP contribution in [0.3, 0.4) is 0 Å². The first kappa shape index (κ1) is 17.8. The van der Waals surface area contributed by atoms with E-state index >= 15 is 0 Å². The fourth-order valence-electron chi connectivity index (χ4n) is 2.19. The van der Waals surface area contributed by atoms with Crippen molar-refractivity contribution in [2.24, 2.45) is 0 Å². The number of carbonyl (C=O) groups excluding carboxylic acids is 2. The van der Waals surface area contributed by atoms with E-state index in [4.69, 9.17) is 9.15 Å². The summed E-state index contributed by atoms with van der Waals surface area (Å²) in [5.41, 5.74) is 0.442. The lowest BCUT2D eigenvalue weighted by Gasteiger charge is -2.08. The van der Waals surface area contributed by atoms with E-state index in [9.17, 15) is 14.0 Å². The van der Waals surface area contributed by atoms with Gasteiger partial charge in [0.15, 0.2) is 5.78 Å². The summed E-state index contributed by atoms with van der Waals surface area (Å²) in [5.74, 6) is -1.48. The molecule has 0 N–H and O–H groups in total. The molecule has 1 aromatic heterocycles. The predicted molar refractivity (Wildman–Crippen MR) is 97.6 cm³/mol. The van der Waals surface area contributed by atoms with E-state index in [0.717, 1.165) is 0 Å². The van der Waals surface area contributed by atoms with E-state index in [-0.39, 0.29) is 22.6 Å². The molecule has 26 heavy (non-hydrogen) atoms. The van der Waals surface area contributed by atoms with E-state index in [1.807, 2.05) is 0 Å². The molecule has 0 saturated heterocycles. The van der Waals surface area contributed by atoms with Crippen LogP contribution >= 0.6 is 15.9 Å². The largest absolute Gasteiger partial charge is 0.457 e. The summed E-state index contributed by atoms with van der Waals surface area (Å²) >= 11 is 3.28. The van der Waals surface area contributed by atoms with Gasteiger partial charge in [-0.3, -0.25) is 4.79 Å². The molecule has 0 radical (unpaired) electrons. The number of ketones is 1. The second-order valence-electron chi connectivity index (χ2n) is 5.23. The molecule has 4 nitrogen and oxygen atoms in total. The third-order valence-electron chi connectivity index (χ3n) is 3.45. The van der Waals surface area contributed by atoms with Crippen molar-refractivity contribution in [3.63, 3.8) is 0 Å². The van der Waals surface area contributed by atoms with E-state index in [2.05, 4.69) is 15.9 Å². The first-order chi connectivity index (χ1) is 12.5. The molecule has 0 saturated carbocycles. The molecule has 2 aromatic carbocycles. The van der Waals surface area contributed by atoms with Gasteiger partial charge >= 0.3 is 5.97 Å². The summed E-state index contributed by atoms with van der Waals surface area (Å²) in [5, 5.41) is 0. The number of benzene rings is 2. The molecule has 3 aromatic rings. The quantitative estimate of drug-likeness (QED) is 0.246. The Morgan fingerprint density at radius 3 is 2.62 bits per heavy atom. The van der Waals surface area contributed by atoms with Gasteiger partial charge in [0.2, 0.25) is 5.76 Å². The molecule has 0 fully saturated rings. The molecule has 0 aliphatic carbocycles. The van der Waals surface area contributed by atoms with Crippen LogP contribution in [0.25, 0.3) is 6.08 Å². The van der Waals surface area contributed by atoms with Crippen molar-refractivity contribution in [1.29, 1.82) is 0 Å². The summed E-state index contributed by atoms with van der Waals surface area (Å²) < 4.78 is 24.5. The number of halogens is 2. The maximum Gasteiger partial charge on any atom is 0.379 e. The van der Waals surface area contributed by atoms with Gasteiger partial charge in [-0.2, -0.15) is 0 Å². The topological polar surface area (TPSA) is 56.5 Å². The average molecular weight is 415 g/mol. The van der Waals surface area contributed by atoms with Crippen molar-refractivity contribution in [3.05, 3.63) is 94.1 Å². The Kier molecular flexibility index (Phi) is 5.43. The minimum Gasteiger partial charge on any atom is -0.457 e. The average Bonchev–Trinajstić information content (AvgIpc) is 3.17. The van der Waals surface area contributed by atoms with Crippen LogP contribution in [0, 0.1) is 5.82 Å². The highest BCUT2D eigenvalue weighted by atomic mass is 79.9. The first-order valence-electron chi connectivity index (χ1n) is 7.57. The molecule has 0 aliphatic rings. The van der Waals surface area contributed by atoms with Gasteiger partial charge in [0, 0.05) is 10.0 Å². The predicted octanol–water partition coefficient (Wildman–Crippen LogP) is 5.30. The smallest absolute Gasteiger partial charge is 0.379 e. The van der Waals surface area contributed by atoms with E-state index in [1.165, 1.54) is 42.7 Å². The molecule has 0 amide bonds. The van der Waals surface area contributed by atoms with Crippen molar-refractivity contribution < 1.29 is 23.1 Å². The molecule has 0 unspecified atom stereocenters. The standard InChI is InChI=1S/C20H12BrFO4/c21-14-8-10-18(26-20(24)19-6-3-11-25-19)15(12-14)17(23)9-7-13-4-1-2-5-16(13)22/h1-12H/b9-7+. The van der Waals surface area contributed by atoms with E-state index < -0.39 is 17.6 Å². The molecule has 0 bridgehead atoms. The van der Waals surface area contributed by atoms with E-state index in [0.29, 0.717) is 4.47 Å². The molecule has 6 heteroatoms. The number of carbonyl (C=O) groups is 2. The summed E-state index contributed by atoms with van der Waals surface area (Å²) in [6, 6.07) is 13.8. The number of esters is 1. The number of hydrogen-bond acceptors (Lipinski definition) is 4. The SMILES string of the molecule is O=C(Oc1ccc(Br)cc1C(=O)/C=C/c1ccccc1F)c1ccco1. The van der Waals surface area contributed by atoms with Gasteiger partial charge in [0.25, 0.3) is 0 Å². The minimum absolute atomic E-state index is 0.0215. The van der Waals surface area contributed by atoms with Gasteiger partial charge in [-0.1, -0.05) is 34.1 Å². The van der Waals surface area contributed by atoms with Crippen molar-refractivity contribution in [2.75, 3.05) is 0 Å². The van der Waals surface area contributed by atoms with Gasteiger partial charge in [-0.15, -0.1) is 0 Å². The molecule has 0 atom stereocenters. The third kappa shape index (κ3) is 4.15. The molecule has 0 spiro atoms. The van der Waals surface area contributed by atoms with Crippen LogP contribution in [0.1, 0.15) is 26.5 Å². The number of rotatable bonds is 5. The molecule has 3 rings (SSSR count). The Morgan fingerprint density at radius 1 is 1.08 bits per heavy atom.